The number of thiazole rings is 1. The van der Waals surface area contributed by atoms with Gasteiger partial charge in [-0.1, -0.05) is 26.8 Å². The van der Waals surface area contributed by atoms with Gasteiger partial charge in [0.15, 0.2) is 5.82 Å². The second kappa shape index (κ2) is 10.7. The first-order valence-electron chi connectivity index (χ1n) is 11.0. The molecule has 0 fully saturated rings. The summed E-state index contributed by atoms with van der Waals surface area (Å²) in [7, 11) is -2.39. The molecule has 1 amide bonds. The van der Waals surface area contributed by atoms with Crippen molar-refractivity contribution in [2.24, 2.45) is 0 Å². The lowest BCUT2D eigenvalue weighted by Crippen LogP contribution is -2.37. The number of hydrogen-bond acceptors (Lipinski definition) is 9. The van der Waals surface area contributed by atoms with Crippen LogP contribution in [0.15, 0.2) is 30.5 Å². The number of rotatable bonds is 8. The van der Waals surface area contributed by atoms with Gasteiger partial charge in [0.2, 0.25) is 16.0 Å². The average molecular weight is 537 g/mol. The van der Waals surface area contributed by atoms with Crippen LogP contribution in [-0.4, -0.2) is 55.4 Å². The van der Waals surface area contributed by atoms with Crippen molar-refractivity contribution in [2.75, 3.05) is 29.9 Å². The van der Waals surface area contributed by atoms with E-state index in [-0.39, 0.29) is 22.7 Å². The molecule has 0 unspecified atom stereocenters. The molecule has 13 heteroatoms. The Morgan fingerprint density at radius 3 is 2.58 bits per heavy atom. The van der Waals surface area contributed by atoms with Crippen molar-refractivity contribution in [1.29, 1.82) is 0 Å². The first-order chi connectivity index (χ1) is 16.8. The van der Waals surface area contributed by atoms with Crippen LogP contribution in [0, 0.1) is 5.82 Å². The zero-order valence-electron chi connectivity index (χ0n) is 20.8. The number of hydrogen-bond donors (Lipinski definition) is 3. The molecule has 1 atom stereocenters. The molecule has 0 spiro atoms. The molecule has 36 heavy (non-hydrogen) atoms. The van der Waals surface area contributed by atoms with Gasteiger partial charge in [-0.3, -0.25) is 4.72 Å². The molecule has 0 radical (unpaired) electrons. The van der Waals surface area contributed by atoms with Gasteiger partial charge in [0.05, 0.1) is 40.3 Å². The third kappa shape index (κ3) is 6.88. The molecule has 0 saturated carbocycles. The number of alkyl carbamates (subject to hydrolysis) is 1. The van der Waals surface area contributed by atoms with Crippen molar-refractivity contribution in [3.63, 3.8) is 0 Å². The van der Waals surface area contributed by atoms with Gasteiger partial charge in [-0.05, 0) is 25.1 Å². The molecule has 3 aromatic rings. The van der Waals surface area contributed by atoms with E-state index in [9.17, 15) is 13.2 Å². The van der Waals surface area contributed by atoms with E-state index in [1.807, 2.05) is 20.8 Å². The number of aromatic nitrogens is 3. The van der Waals surface area contributed by atoms with Gasteiger partial charge in [-0.2, -0.15) is 0 Å². The first kappa shape index (κ1) is 27.3. The predicted molar refractivity (Wildman–Crippen MR) is 139 cm³/mol. The van der Waals surface area contributed by atoms with Crippen molar-refractivity contribution in [2.45, 2.75) is 39.2 Å². The molecule has 1 aromatic carbocycles. The standard InChI is InChI=1S/C23H29FN6O4S2/c1-13(27-22(31)34-5)12-26-21-25-11-10-16(28-21)19-18(29-20(35-19)23(2,3)4)14-8-7-9-15(17(14)24)30-36(6,32)33/h7-11,13,30H,12H2,1-6H3,(H,27,31)(H,25,26,28)/t13-/m0/s1. The lowest BCUT2D eigenvalue weighted by molar-refractivity contribution is 0.168. The summed E-state index contributed by atoms with van der Waals surface area (Å²) < 4.78 is 45.7. The Labute approximate surface area is 213 Å². The Hall–Kier alpha value is -3.32. The van der Waals surface area contributed by atoms with E-state index in [0.29, 0.717) is 28.8 Å². The number of anilines is 2. The number of carbonyl (C=O) groups excluding carboxylic acids is 1. The summed E-state index contributed by atoms with van der Waals surface area (Å²) >= 11 is 1.38. The number of ether oxygens (including phenoxy) is 1. The van der Waals surface area contributed by atoms with Crippen molar-refractivity contribution >= 4 is 39.1 Å². The van der Waals surface area contributed by atoms with Crippen LogP contribution in [0.3, 0.4) is 0 Å². The third-order valence-electron chi connectivity index (χ3n) is 4.82. The lowest BCUT2D eigenvalue weighted by Gasteiger charge is -2.14. The van der Waals surface area contributed by atoms with Crippen LogP contribution in [0.5, 0.6) is 0 Å². The zero-order valence-corrected chi connectivity index (χ0v) is 22.5. The smallest absolute Gasteiger partial charge is 0.407 e. The molecule has 2 aromatic heterocycles. The fraction of sp³-hybridized carbons (Fsp3) is 0.391. The van der Waals surface area contributed by atoms with Crippen LogP contribution < -0.4 is 15.4 Å². The summed E-state index contributed by atoms with van der Waals surface area (Å²) in [5.41, 5.74) is 0.535. The number of halogens is 1. The molecular formula is C23H29FN6O4S2. The molecule has 0 aliphatic rings. The van der Waals surface area contributed by atoms with E-state index in [1.165, 1.54) is 24.5 Å². The summed E-state index contributed by atoms with van der Waals surface area (Å²) in [5, 5.41) is 6.48. The van der Waals surface area contributed by atoms with E-state index in [0.717, 1.165) is 11.3 Å². The fourth-order valence-electron chi connectivity index (χ4n) is 3.12. The Morgan fingerprint density at radius 2 is 1.94 bits per heavy atom. The highest BCUT2D eigenvalue weighted by atomic mass is 32.2. The molecule has 3 rings (SSSR count). The molecule has 0 aliphatic heterocycles. The van der Waals surface area contributed by atoms with Crippen LogP contribution in [-0.2, 0) is 20.2 Å². The second-order valence-corrected chi connectivity index (χ2v) is 11.9. The molecular weight excluding hydrogens is 507 g/mol. The Bertz CT molecular complexity index is 1350. The monoisotopic (exact) mass is 536 g/mol. The number of nitrogens with zero attached hydrogens (tertiary/aromatic N) is 3. The van der Waals surface area contributed by atoms with Crippen LogP contribution >= 0.6 is 11.3 Å². The molecule has 0 saturated heterocycles. The SMILES string of the molecule is COC(=O)N[C@@H](C)CNc1nccc(-c2sc(C(C)(C)C)nc2-c2cccc(NS(C)(=O)=O)c2F)n1. The Balaban J connectivity index is 2.02. The number of sulfonamides is 1. The van der Waals surface area contributed by atoms with E-state index in [2.05, 4.69) is 30.1 Å². The van der Waals surface area contributed by atoms with E-state index in [1.54, 1.807) is 31.3 Å². The number of benzene rings is 1. The van der Waals surface area contributed by atoms with Crippen LogP contribution in [0.1, 0.15) is 32.7 Å². The minimum Gasteiger partial charge on any atom is -0.453 e. The predicted octanol–water partition coefficient (Wildman–Crippen LogP) is 4.23. The van der Waals surface area contributed by atoms with Crippen LogP contribution in [0.4, 0.5) is 20.8 Å². The number of methoxy groups -OCH3 is 1. The Kier molecular flexibility index (Phi) is 8.14. The molecule has 0 aliphatic carbocycles. The highest BCUT2D eigenvalue weighted by Crippen LogP contribution is 2.41. The highest BCUT2D eigenvalue weighted by Gasteiger charge is 2.26. The van der Waals surface area contributed by atoms with Crippen molar-refractivity contribution < 1.29 is 22.3 Å². The van der Waals surface area contributed by atoms with Gasteiger partial charge < -0.3 is 15.4 Å². The summed E-state index contributed by atoms with van der Waals surface area (Å²) in [6.07, 6.45) is 1.99. The topological polar surface area (TPSA) is 135 Å². The summed E-state index contributed by atoms with van der Waals surface area (Å²) in [6.45, 7) is 8.14. The van der Waals surface area contributed by atoms with Gasteiger partial charge in [-0.25, -0.2) is 32.6 Å². The van der Waals surface area contributed by atoms with E-state index in [4.69, 9.17) is 4.98 Å². The number of nitrogens with one attached hydrogen (secondary N) is 3. The lowest BCUT2D eigenvalue weighted by atomic mass is 9.98. The maximum Gasteiger partial charge on any atom is 0.407 e. The quantitative estimate of drug-likeness (QED) is 0.389. The van der Waals surface area contributed by atoms with Gasteiger partial charge in [-0.15, -0.1) is 11.3 Å². The Morgan fingerprint density at radius 1 is 1.22 bits per heavy atom. The van der Waals surface area contributed by atoms with Gasteiger partial charge in [0, 0.05) is 29.8 Å². The summed E-state index contributed by atoms with van der Waals surface area (Å²) in [5.74, 6) is -0.416. The van der Waals surface area contributed by atoms with Gasteiger partial charge in [0.1, 0.15) is 0 Å². The molecule has 2 heterocycles. The summed E-state index contributed by atoms with van der Waals surface area (Å²) in [4.78, 5) is 25.5. The normalized spacial score (nSPS) is 12.6. The molecule has 3 N–H and O–H groups in total. The van der Waals surface area contributed by atoms with Gasteiger partial charge in [0.25, 0.3) is 0 Å². The maximum absolute atomic E-state index is 15.5. The average Bonchev–Trinajstić information content (AvgIpc) is 3.24. The van der Waals surface area contributed by atoms with Crippen molar-refractivity contribution in [1.82, 2.24) is 20.3 Å². The number of amides is 1. The minimum absolute atomic E-state index is 0.148. The molecule has 0 bridgehead atoms. The maximum atomic E-state index is 15.5. The first-order valence-corrected chi connectivity index (χ1v) is 13.7. The van der Waals surface area contributed by atoms with Crippen LogP contribution in [0.25, 0.3) is 21.8 Å². The largest absolute Gasteiger partial charge is 0.453 e. The number of carbonyl (C=O) groups is 1. The second-order valence-electron chi connectivity index (χ2n) is 9.17. The van der Waals surface area contributed by atoms with E-state index < -0.39 is 21.9 Å². The zero-order chi connectivity index (χ0) is 26.7. The van der Waals surface area contributed by atoms with Crippen molar-refractivity contribution in [3.05, 3.63) is 41.3 Å². The third-order valence-corrected chi connectivity index (χ3v) is 6.92. The molecule has 194 valence electrons. The molecule has 10 nitrogen and oxygen atoms in total. The minimum atomic E-state index is -3.68. The van der Waals surface area contributed by atoms with Gasteiger partial charge >= 0.3 is 6.09 Å². The van der Waals surface area contributed by atoms with E-state index >= 15 is 4.39 Å². The summed E-state index contributed by atoms with van der Waals surface area (Å²) in [6, 6.07) is 5.91. The fourth-order valence-corrected chi connectivity index (χ4v) is 4.78. The highest BCUT2D eigenvalue weighted by molar-refractivity contribution is 7.92. The van der Waals surface area contributed by atoms with Crippen molar-refractivity contribution in [3.8, 4) is 21.8 Å². The van der Waals surface area contributed by atoms with Crippen LogP contribution in [0.2, 0.25) is 0 Å².